The number of aromatic nitrogens is 1. The van der Waals surface area contributed by atoms with Gasteiger partial charge in [0.15, 0.2) is 5.58 Å². The van der Waals surface area contributed by atoms with Crippen LogP contribution in [0.3, 0.4) is 0 Å². The number of hydrogen-bond donors (Lipinski definition) is 0. The molecule has 7 aromatic carbocycles. The molecule has 212 valence electrons. The highest BCUT2D eigenvalue weighted by Crippen LogP contribution is 2.44. The topological polar surface area (TPSA) is 29.3 Å². The lowest BCUT2D eigenvalue weighted by molar-refractivity contribution is 0.620. The van der Waals surface area contributed by atoms with Gasteiger partial charge in [-0.2, -0.15) is 0 Å². The van der Waals surface area contributed by atoms with Crippen molar-refractivity contribution < 1.29 is 4.42 Å². The second kappa shape index (κ2) is 10.5. The average molecular weight is 595 g/mol. The van der Waals surface area contributed by atoms with E-state index in [2.05, 4.69) is 138 Å². The predicted molar refractivity (Wildman–Crippen MR) is 190 cm³/mol. The molecule has 3 nitrogen and oxygen atoms in total. The van der Waals surface area contributed by atoms with E-state index in [9.17, 15) is 0 Å². The Morgan fingerprint density at radius 3 is 2.18 bits per heavy atom. The molecule has 0 N–H and O–H groups in total. The Bertz CT molecular complexity index is 2470. The van der Waals surface area contributed by atoms with Crippen LogP contribution in [0.25, 0.3) is 64.6 Å². The van der Waals surface area contributed by atoms with Crippen LogP contribution in [-0.2, 0) is 0 Å². The molecule has 0 bridgehead atoms. The van der Waals surface area contributed by atoms with Crippen molar-refractivity contribution in [2.45, 2.75) is 0 Å². The van der Waals surface area contributed by atoms with E-state index in [1.165, 1.54) is 42.1 Å². The molecule has 2 heterocycles. The van der Waals surface area contributed by atoms with E-state index in [-0.39, 0.29) is 0 Å². The quantitative estimate of drug-likeness (QED) is 0.198. The summed E-state index contributed by atoms with van der Waals surface area (Å²) in [7, 11) is 0. The van der Waals surface area contributed by atoms with Gasteiger partial charge in [0, 0.05) is 42.8 Å². The van der Waals surface area contributed by atoms with Gasteiger partial charge in [0.1, 0.15) is 5.52 Å². The van der Waals surface area contributed by atoms with Crippen molar-refractivity contribution in [3.05, 3.63) is 158 Å². The van der Waals surface area contributed by atoms with Gasteiger partial charge in [-0.15, -0.1) is 11.3 Å². The number of para-hydroxylation sites is 3. The molecule has 4 heteroatoms. The number of fused-ring (bicyclic) bond motifs is 5. The Morgan fingerprint density at radius 2 is 1.24 bits per heavy atom. The molecule has 0 spiro atoms. The summed E-state index contributed by atoms with van der Waals surface area (Å²) in [6.45, 7) is 0. The molecule has 0 radical (unpaired) electrons. The molecule has 0 unspecified atom stereocenters. The first kappa shape index (κ1) is 25.8. The van der Waals surface area contributed by atoms with Crippen LogP contribution in [0.4, 0.5) is 17.1 Å². The van der Waals surface area contributed by atoms with Gasteiger partial charge in [-0.05, 0) is 82.6 Å². The van der Waals surface area contributed by atoms with Gasteiger partial charge in [-0.1, -0.05) is 97.1 Å². The van der Waals surface area contributed by atoms with Gasteiger partial charge in [0.25, 0.3) is 0 Å². The van der Waals surface area contributed by atoms with Crippen LogP contribution in [0.15, 0.2) is 162 Å². The van der Waals surface area contributed by atoms with Crippen LogP contribution in [0.1, 0.15) is 0 Å². The summed E-state index contributed by atoms with van der Waals surface area (Å²) < 4.78 is 8.65. The van der Waals surface area contributed by atoms with Crippen LogP contribution in [-0.4, -0.2) is 4.98 Å². The highest BCUT2D eigenvalue weighted by Gasteiger charge is 2.19. The lowest BCUT2D eigenvalue weighted by atomic mass is 9.97. The number of oxazole rings is 1. The molecule has 2 aromatic heterocycles. The van der Waals surface area contributed by atoms with Crippen molar-refractivity contribution >= 4 is 70.4 Å². The lowest BCUT2D eigenvalue weighted by Gasteiger charge is -2.26. The number of hydrogen-bond acceptors (Lipinski definition) is 4. The zero-order chi connectivity index (χ0) is 29.7. The average Bonchev–Trinajstić information content (AvgIpc) is 3.70. The normalized spacial score (nSPS) is 11.6. The molecular formula is C41H26N2OS. The molecular weight excluding hydrogens is 569 g/mol. The molecule has 0 aliphatic rings. The summed E-state index contributed by atoms with van der Waals surface area (Å²) in [5, 5.41) is 4.88. The Hall–Kier alpha value is -5.71. The first-order chi connectivity index (χ1) is 22.3. The summed E-state index contributed by atoms with van der Waals surface area (Å²) in [5.74, 6) is 0.654. The van der Waals surface area contributed by atoms with Crippen LogP contribution in [0.5, 0.6) is 0 Å². The fourth-order valence-electron chi connectivity index (χ4n) is 6.43. The van der Waals surface area contributed by atoms with Gasteiger partial charge in [0.2, 0.25) is 5.89 Å². The largest absolute Gasteiger partial charge is 0.436 e. The molecule has 0 saturated carbocycles. The van der Waals surface area contributed by atoms with Gasteiger partial charge in [-0.25, -0.2) is 4.98 Å². The third kappa shape index (κ3) is 4.38. The molecule has 0 aliphatic heterocycles. The molecule has 9 aromatic rings. The van der Waals surface area contributed by atoms with Gasteiger partial charge in [-0.3, -0.25) is 0 Å². The number of anilines is 3. The summed E-state index contributed by atoms with van der Waals surface area (Å²) in [6, 6.07) is 55.7. The second-order valence-corrected chi connectivity index (χ2v) is 12.3. The van der Waals surface area contributed by atoms with Crippen LogP contribution in [0.2, 0.25) is 0 Å². The molecule has 0 amide bonds. The van der Waals surface area contributed by atoms with Crippen molar-refractivity contribution in [1.82, 2.24) is 4.98 Å². The van der Waals surface area contributed by atoms with Crippen LogP contribution < -0.4 is 4.90 Å². The van der Waals surface area contributed by atoms with E-state index in [4.69, 9.17) is 9.40 Å². The maximum absolute atomic E-state index is 6.22. The highest BCUT2D eigenvalue weighted by atomic mass is 32.1. The number of thiophene rings is 1. The van der Waals surface area contributed by atoms with Gasteiger partial charge >= 0.3 is 0 Å². The maximum atomic E-state index is 6.22. The first-order valence-electron chi connectivity index (χ1n) is 15.0. The first-order valence-corrected chi connectivity index (χ1v) is 15.9. The van der Waals surface area contributed by atoms with Crippen LogP contribution in [0, 0.1) is 0 Å². The lowest BCUT2D eigenvalue weighted by Crippen LogP contribution is -2.09. The number of nitrogens with zero attached hydrogens (tertiary/aromatic N) is 2. The zero-order valence-electron chi connectivity index (χ0n) is 24.2. The van der Waals surface area contributed by atoms with E-state index in [0.717, 1.165) is 33.7 Å². The second-order valence-electron chi connectivity index (χ2n) is 11.2. The Morgan fingerprint density at radius 1 is 0.511 bits per heavy atom. The molecule has 0 fully saturated rings. The van der Waals surface area contributed by atoms with Crippen LogP contribution >= 0.6 is 11.3 Å². The van der Waals surface area contributed by atoms with E-state index in [1.807, 2.05) is 24.3 Å². The van der Waals surface area contributed by atoms with Crippen molar-refractivity contribution in [3.63, 3.8) is 0 Å². The third-order valence-electron chi connectivity index (χ3n) is 8.48. The number of benzene rings is 7. The Balaban J connectivity index is 1.20. The Kier molecular flexibility index (Phi) is 6.00. The smallest absolute Gasteiger partial charge is 0.227 e. The summed E-state index contributed by atoms with van der Waals surface area (Å²) >= 11 is 1.80. The predicted octanol–water partition coefficient (Wildman–Crippen LogP) is 12.2. The monoisotopic (exact) mass is 594 g/mol. The molecule has 0 aliphatic carbocycles. The van der Waals surface area contributed by atoms with Crippen molar-refractivity contribution in [2.24, 2.45) is 0 Å². The molecule has 9 rings (SSSR count). The van der Waals surface area contributed by atoms with E-state index < -0.39 is 0 Å². The van der Waals surface area contributed by atoms with E-state index in [1.54, 1.807) is 11.3 Å². The maximum Gasteiger partial charge on any atom is 0.227 e. The van der Waals surface area contributed by atoms with E-state index in [0.29, 0.717) is 5.89 Å². The minimum absolute atomic E-state index is 0.654. The van der Waals surface area contributed by atoms with Crippen molar-refractivity contribution in [2.75, 3.05) is 4.90 Å². The van der Waals surface area contributed by atoms with Crippen molar-refractivity contribution in [3.8, 4) is 22.6 Å². The standard InChI is InChI=1S/C41H26N2OS/c1-2-14-29(15-3-1)43(30-16-8-13-28(25-30)33-18-9-12-27-11-4-5-17-32(27)33)31-23-24-34-39(26-31)45-38-22-10-19-35(40(34)38)41-42-36-20-6-7-21-37(36)44-41/h1-26H. The minimum Gasteiger partial charge on any atom is -0.436 e. The summed E-state index contributed by atoms with van der Waals surface area (Å²) in [4.78, 5) is 7.17. The summed E-state index contributed by atoms with van der Waals surface area (Å²) in [5.41, 5.74) is 8.44. The minimum atomic E-state index is 0.654. The van der Waals surface area contributed by atoms with Gasteiger partial charge in [0.05, 0.1) is 0 Å². The Labute approximate surface area is 264 Å². The summed E-state index contributed by atoms with van der Waals surface area (Å²) in [6.07, 6.45) is 0. The molecule has 0 saturated heterocycles. The number of rotatable bonds is 5. The SMILES string of the molecule is c1ccc(N(c2cccc(-c3cccc4ccccc34)c2)c2ccc3c(c2)sc2cccc(-c4nc5ccccc5o4)c23)cc1. The molecule has 0 atom stereocenters. The fraction of sp³-hybridized carbons (Fsp3) is 0. The third-order valence-corrected chi connectivity index (χ3v) is 9.60. The highest BCUT2D eigenvalue weighted by molar-refractivity contribution is 7.26. The fourth-order valence-corrected chi connectivity index (χ4v) is 7.60. The zero-order valence-corrected chi connectivity index (χ0v) is 25.0. The van der Waals surface area contributed by atoms with E-state index >= 15 is 0 Å². The van der Waals surface area contributed by atoms with Crippen molar-refractivity contribution in [1.29, 1.82) is 0 Å². The van der Waals surface area contributed by atoms with Gasteiger partial charge < -0.3 is 9.32 Å². The molecule has 45 heavy (non-hydrogen) atoms.